The summed E-state index contributed by atoms with van der Waals surface area (Å²) in [5.74, 6) is -0.206. The molecule has 3 N–H and O–H groups in total. The second-order valence-electron chi connectivity index (χ2n) is 7.31. The van der Waals surface area contributed by atoms with Crippen molar-refractivity contribution in [1.29, 1.82) is 0 Å². The van der Waals surface area contributed by atoms with E-state index in [1.165, 1.54) is 0 Å². The first kappa shape index (κ1) is 21.6. The zero-order valence-corrected chi connectivity index (χ0v) is 17.2. The van der Waals surface area contributed by atoms with Crippen molar-refractivity contribution in [3.05, 3.63) is 65.9 Å². The lowest BCUT2D eigenvalue weighted by atomic mass is 10.0. The van der Waals surface area contributed by atoms with Gasteiger partial charge < -0.3 is 20.1 Å². The zero-order valence-electron chi connectivity index (χ0n) is 17.2. The van der Waals surface area contributed by atoms with E-state index < -0.39 is 12.0 Å². The number of carbonyl (C=O) groups excluding carboxylic acids is 1. The van der Waals surface area contributed by atoms with Crippen molar-refractivity contribution in [3.8, 4) is 5.75 Å². The number of aliphatic carboxylic acids is 1. The highest BCUT2D eigenvalue weighted by Gasteiger charge is 2.19. The van der Waals surface area contributed by atoms with Crippen molar-refractivity contribution in [3.63, 3.8) is 0 Å². The number of aromatic nitrogens is 1. The molecule has 6 nitrogen and oxygen atoms in total. The van der Waals surface area contributed by atoms with E-state index in [4.69, 9.17) is 4.74 Å². The molecule has 0 bridgehead atoms. The molecule has 158 valence electrons. The highest BCUT2D eigenvalue weighted by atomic mass is 16.5. The Hall–Kier alpha value is -3.12. The van der Waals surface area contributed by atoms with Gasteiger partial charge in [0.15, 0.2) is 5.78 Å². The van der Waals surface area contributed by atoms with Crippen LogP contribution in [0.3, 0.4) is 0 Å². The van der Waals surface area contributed by atoms with Crippen LogP contribution in [0.15, 0.2) is 54.7 Å². The van der Waals surface area contributed by atoms with Crippen LogP contribution in [0.5, 0.6) is 5.75 Å². The zero-order chi connectivity index (χ0) is 21.3. The van der Waals surface area contributed by atoms with E-state index in [1.807, 2.05) is 30.5 Å². The third-order valence-corrected chi connectivity index (χ3v) is 5.08. The first-order chi connectivity index (χ1) is 14.6. The number of ether oxygens (including phenoxy) is 1. The molecule has 0 aliphatic carbocycles. The van der Waals surface area contributed by atoms with Crippen LogP contribution in [0.2, 0.25) is 0 Å². The van der Waals surface area contributed by atoms with Crippen LogP contribution in [0.25, 0.3) is 10.9 Å². The Bertz CT molecular complexity index is 978. The van der Waals surface area contributed by atoms with Gasteiger partial charge in [0, 0.05) is 42.0 Å². The van der Waals surface area contributed by atoms with E-state index in [1.54, 1.807) is 24.3 Å². The third kappa shape index (κ3) is 5.70. The molecule has 0 unspecified atom stereocenters. The molecule has 30 heavy (non-hydrogen) atoms. The van der Waals surface area contributed by atoms with Crippen molar-refractivity contribution in [2.75, 3.05) is 13.2 Å². The van der Waals surface area contributed by atoms with Crippen LogP contribution in [0, 0.1) is 0 Å². The highest BCUT2D eigenvalue weighted by Crippen LogP contribution is 2.19. The fraction of sp³-hybridized carbons (Fsp3) is 0.333. The Labute approximate surface area is 176 Å². The number of rotatable bonds is 12. The largest absolute Gasteiger partial charge is 0.494 e. The highest BCUT2D eigenvalue weighted by molar-refractivity contribution is 5.96. The van der Waals surface area contributed by atoms with Gasteiger partial charge in [0.05, 0.1) is 6.61 Å². The molecule has 0 spiro atoms. The summed E-state index contributed by atoms with van der Waals surface area (Å²) in [7, 11) is 0. The van der Waals surface area contributed by atoms with E-state index in [2.05, 4.69) is 17.2 Å². The van der Waals surface area contributed by atoms with Crippen molar-refractivity contribution in [2.24, 2.45) is 0 Å². The molecular formula is C24H28N2O4. The van der Waals surface area contributed by atoms with E-state index in [-0.39, 0.29) is 12.2 Å². The van der Waals surface area contributed by atoms with Crippen LogP contribution in [0.4, 0.5) is 0 Å². The lowest BCUT2D eigenvalue weighted by Gasteiger charge is -2.14. The minimum absolute atomic E-state index is 0.0289. The topological polar surface area (TPSA) is 91.4 Å². The number of carbonyl (C=O) groups is 2. The van der Waals surface area contributed by atoms with E-state index in [0.717, 1.165) is 35.1 Å². The number of hydrogen-bond acceptors (Lipinski definition) is 4. The SMILES string of the molecule is CCCCOc1ccc(C(=O)CCN[C@@H](Cc2c[nH]c3ccccc23)C(=O)O)cc1. The summed E-state index contributed by atoms with van der Waals surface area (Å²) < 4.78 is 5.61. The van der Waals surface area contributed by atoms with Crippen LogP contribution in [-0.4, -0.2) is 41.0 Å². The summed E-state index contributed by atoms with van der Waals surface area (Å²) in [6.45, 7) is 3.07. The second kappa shape index (κ2) is 10.6. The van der Waals surface area contributed by atoms with Gasteiger partial charge in [-0.3, -0.25) is 9.59 Å². The Morgan fingerprint density at radius 3 is 2.63 bits per heavy atom. The van der Waals surface area contributed by atoms with E-state index >= 15 is 0 Å². The predicted molar refractivity (Wildman–Crippen MR) is 117 cm³/mol. The van der Waals surface area contributed by atoms with Gasteiger partial charge in [-0.05, 0) is 42.3 Å². The van der Waals surface area contributed by atoms with Crippen LogP contribution in [0.1, 0.15) is 42.1 Å². The number of aromatic amines is 1. The standard InChI is InChI=1S/C24H28N2O4/c1-2-3-14-30-19-10-8-17(9-11-19)23(27)12-13-25-22(24(28)29)15-18-16-26-21-7-5-4-6-20(18)21/h4-11,16,22,25-26H,2-3,12-15H2,1H3,(H,28,29)/t22-/m0/s1. The fourth-order valence-corrected chi connectivity index (χ4v) is 3.34. The lowest BCUT2D eigenvalue weighted by molar-refractivity contribution is -0.139. The summed E-state index contributed by atoms with van der Waals surface area (Å²) >= 11 is 0. The quantitative estimate of drug-likeness (QED) is 0.309. The summed E-state index contributed by atoms with van der Waals surface area (Å²) in [4.78, 5) is 27.3. The fourth-order valence-electron chi connectivity index (χ4n) is 3.34. The van der Waals surface area contributed by atoms with Gasteiger partial charge >= 0.3 is 5.97 Å². The molecule has 0 aliphatic heterocycles. The molecule has 0 saturated carbocycles. The number of fused-ring (bicyclic) bond motifs is 1. The molecule has 0 aliphatic rings. The molecule has 0 saturated heterocycles. The summed E-state index contributed by atoms with van der Waals surface area (Å²) in [5.41, 5.74) is 2.52. The molecule has 6 heteroatoms. The normalized spacial score (nSPS) is 12.0. The Morgan fingerprint density at radius 1 is 1.13 bits per heavy atom. The van der Waals surface area contributed by atoms with Crippen LogP contribution in [-0.2, 0) is 11.2 Å². The van der Waals surface area contributed by atoms with Crippen molar-refractivity contribution in [1.82, 2.24) is 10.3 Å². The van der Waals surface area contributed by atoms with Gasteiger partial charge in [0.1, 0.15) is 11.8 Å². The number of carboxylic acids is 1. The smallest absolute Gasteiger partial charge is 0.321 e. The van der Waals surface area contributed by atoms with Gasteiger partial charge in [-0.1, -0.05) is 31.5 Å². The van der Waals surface area contributed by atoms with Gasteiger partial charge in [-0.2, -0.15) is 0 Å². The van der Waals surface area contributed by atoms with Crippen LogP contribution >= 0.6 is 0 Å². The number of Topliss-reactive ketones (excluding diaryl/α,β-unsaturated/α-hetero) is 1. The van der Waals surface area contributed by atoms with Gasteiger partial charge in [-0.25, -0.2) is 0 Å². The van der Waals surface area contributed by atoms with Crippen molar-refractivity contribution >= 4 is 22.7 Å². The molecule has 0 fully saturated rings. The summed E-state index contributed by atoms with van der Waals surface area (Å²) in [6.07, 6.45) is 4.49. The van der Waals surface area contributed by atoms with E-state index in [0.29, 0.717) is 25.1 Å². The minimum Gasteiger partial charge on any atom is -0.494 e. The van der Waals surface area contributed by atoms with E-state index in [9.17, 15) is 14.7 Å². The maximum atomic E-state index is 12.4. The van der Waals surface area contributed by atoms with Crippen LogP contribution < -0.4 is 10.1 Å². The summed E-state index contributed by atoms with van der Waals surface area (Å²) in [6, 6.07) is 14.1. The number of carboxylic acid groups (broad SMARTS) is 1. The molecule has 1 aromatic heterocycles. The lowest BCUT2D eigenvalue weighted by Crippen LogP contribution is -2.39. The number of ketones is 1. The Balaban J connectivity index is 1.51. The van der Waals surface area contributed by atoms with Crippen molar-refractivity contribution in [2.45, 2.75) is 38.6 Å². The molecule has 1 heterocycles. The average molecular weight is 408 g/mol. The van der Waals surface area contributed by atoms with Gasteiger partial charge in [0.25, 0.3) is 0 Å². The van der Waals surface area contributed by atoms with Gasteiger partial charge in [0.2, 0.25) is 0 Å². The first-order valence-corrected chi connectivity index (χ1v) is 10.4. The number of hydrogen-bond donors (Lipinski definition) is 3. The number of nitrogens with one attached hydrogen (secondary N) is 2. The number of unbranched alkanes of at least 4 members (excludes halogenated alkanes) is 1. The van der Waals surface area contributed by atoms with Crippen molar-refractivity contribution < 1.29 is 19.4 Å². The minimum atomic E-state index is -0.929. The average Bonchev–Trinajstić information content (AvgIpc) is 3.16. The molecule has 0 radical (unpaired) electrons. The molecule has 0 amide bonds. The number of benzene rings is 2. The van der Waals surface area contributed by atoms with Gasteiger partial charge in [-0.15, -0.1) is 0 Å². The maximum Gasteiger partial charge on any atom is 0.321 e. The molecule has 3 aromatic rings. The summed E-state index contributed by atoms with van der Waals surface area (Å²) in [5, 5.41) is 13.6. The second-order valence-corrected chi connectivity index (χ2v) is 7.31. The molecule has 1 atom stereocenters. The predicted octanol–water partition coefficient (Wildman–Crippen LogP) is 4.21. The number of para-hydroxylation sites is 1. The first-order valence-electron chi connectivity index (χ1n) is 10.4. The molecule has 3 rings (SSSR count). The Kier molecular flexibility index (Phi) is 7.63. The number of H-pyrrole nitrogens is 1. The molecular weight excluding hydrogens is 380 g/mol. The Morgan fingerprint density at radius 2 is 1.90 bits per heavy atom. The third-order valence-electron chi connectivity index (χ3n) is 5.08. The molecule has 2 aromatic carbocycles. The monoisotopic (exact) mass is 408 g/mol. The maximum absolute atomic E-state index is 12.4.